The zero-order chi connectivity index (χ0) is 7.72. The van der Waals surface area contributed by atoms with E-state index in [1.807, 2.05) is 0 Å². The highest BCUT2D eigenvalue weighted by atomic mass is 79.9. The molecule has 1 aromatic heterocycles. The third-order valence-corrected chi connectivity index (χ3v) is 2.17. The second-order valence-corrected chi connectivity index (χ2v) is 2.53. The molecular weight excluding hydrogens is 236 g/mol. The molecular formula is C4H2Br2N2. The molecule has 0 saturated heterocycles. The van der Waals surface area contributed by atoms with E-state index in [1.54, 1.807) is 0 Å². The lowest BCUT2D eigenvalue weighted by atomic mass is 10.8. The number of nitrogens with zero attached hydrogens (tertiary/aromatic N) is 2. The third kappa shape index (κ3) is 1.26. The molecule has 0 N–H and O–H groups in total. The van der Waals surface area contributed by atoms with Gasteiger partial charge in [0.15, 0.2) is 0 Å². The normalized spacial score (nSPS) is 12.8. The molecule has 0 aliphatic rings. The highest BCUT2D eigenvalue weighted by Gasteiger charge is 1.91. The first-order valence-electron chi connectivity index (χ1n) is 2.77. The van der Waals surface area contributed by atoms with Crippen LogP contribution in [0.2, 0.25) is 0 Å². The van der Waals surface area contributed by atoms with E-state index in [0.717, 1.165) is 0 Å². The van der Waals surface area contributed by atoms with Gasteiger partial charge >= 0.3 is 0 Å². The van der Waals surface area contributed by atoms with E-state index in [1.165, 1.54) is 0 Å². The number of halogens is 2. The molecule has 1 rings (SSSR count). The maximum atomic E-state index is 7.05. The maximum absolute atomic E-state index is 7.05. The van der Waals surface area contributed by atoms with Crippen molar-refractivity contribution in [2.45, 2.75) is 0 Å². The molecule has 0 bridgehead atoms. The lowest BCUT2D eigenvalue weighted by Gasteiger charge is -1.87. The lowest BCUT2D eigenvalue weighted by molar-refractivity contribution is 1.13. The monoisotopic (exact) mass is 238 g/mol. The number of rotatable bonds is 0. The summed E-state index contributed by atoms with van der Waals surface area (Å²) in [6.07, 6.45) is -0.259. The van der Waals surface area contributed by atoms with Crippen LogP contribution in [-0.2, 0) is 0 Å². The molecule has 1 aromatic rings. The Labute approximate surface area is 66.4 Å². The van der Waals surface area contributed by atoms with E-state index in [4.69, 9.17) is 2.74 Å². The van der Waals surface area contributed by atoms with Crippen molar-refractivity contribution in [1.29, 1.82) is 0 Å². The molecule has 0 aromatic carbocycles. The van der Waals surface area contributed by atoms with Crippen LogP contribution in [0.25, 0.3) is 0 Å². The molecule has 0 spiro atoms. The van der Waals surface area contributed by atoms with Crippen molar-refractivity contribution in [2.24, 2.45) is 0 Å². The van der Waals surface area contributed by atoms with Crippen molar-refractivity contribution in [3.05, 3.63) is 21.6 Å². The second-order valence-electron chi connectivity index (χ2n) is 1.03. The fourth-order valence-corrected chi connectivity index (χ4v) is 0.595. The number of aromatic nitrogens is 2. The zero-order valence-electron chi connectivity index (χ0n) is 5.65. The van der Waals surface area contributed by atoms with Crippen LogP contribution in [0.3, 0.4) is 0 Å². The molecule has 0 radical (unpaired) electrons. The quantitative estimate of drug-likeness (QED) is 0.692. The second kappa shape index (κ2) is 2.55. The summed E-state index contributed by atoms with van der Waals surface area (Å²) in [5.41, 5.74) is 0. The molecule has 0 fully saturated rings. The summed E-state index contributed by atoms with van der Waals surface area (Å²) in [6.45, 7) is 0. The molecule has 4 heteroatoms. The van der Waals surface area contributed by atoms with Gasteiger partial charge in [0.25, 0.3) is 0 Å². The van der Waals surface area contributed by atoms with Gasteiger partial charge in [-0.05, 0) is 31.9 Å². The van der Waals surface area contributed by atoms with Gasteiger partial charge in [-0.3, -0.25) is 0 Å². The van der Waals surface area contributed by atoms with Gasteiger partial charge in [-0.15, -0.1) is 0 Å². The summed E-state index contributed by atoms with van der Waals surface area (Å²) >= 11 is 6.11. The van der Waals surface area contributed by atoms with E-state index in [0.29, 0.717) is 9.21 Å². The Balaban J connectivity index is 3.28. The molecule has 1 heterocycles. The average molecular weight is 240 g/mol. The Bertz CT molecular complexity index is 215. The molecule has 42 valence electrons. The van der Waals surface area contributed by atoms with Crippen molar-refractivity contribution in [2.75, 3.05) is 0 Å². The van der Waals surface area contributed by atoms with E-state index >= 15 is 0 Å². The van der Waals surface area contributed by atoms with Crippen molar-refractivity contribution in [1.82, 2.24) is 9.97 Å². The van der Waals surface area contributed by atoms with Gasteiger partial charge in [0, 0.05) is 12.3 Å². The van der Waals surface area contributed by atoms with Crippen molar-refractivity contribution in [3.63, 3.8) is 0 Å². The van der Waals surface area contributed by atoms with Crippen LogP contribution in [0, 0.1) is 0 Å². The molecule has 0 saturated carbocycles. The minimum absolute atomic E-state index is 0.130. The van der Waals surface area contributed by atoms with Crippen LogP contribution in [0.5, 0.6) is 0 Å². The van der Waals surface area contributed by atoms with Gasteiger partial charge in [0.1, 0.15) is 9.21 Å². The van der Waals surface area contributed by atoms with Gasteiger partial charge in [-0.25, -0.2) is 9.97 Å². The van der Waals surface area contributed by atoms with Gasteiger partial charge < -0.3 is 0 Å². The Hall–Kier alpha value is 0.0400. The molecule has 0 amide bonds. The standard InChI is InChI=1S/C4H2Br2N2/c5-3-4(6)8-2-1-7-3/h1-2H/i1D,2D. The van der Waals surface area contributed by atoms with Crippen LogP contribution in [0.15, 0.2) is 21.6 Å². The SMILES string of the molecule is [2H]c1nc(Br)c(Br)nc1[2H]. The van der Waals surface area contributed by atoms with Crippen molar-refractivity contribution in [3.8, 4) is 0 Å². The number of hydrogen-bond acceptors (Lipinski definition) is 2. The Morgan fingerprint density at radius 3 is 2.00 bits per heavy atom. The largest absolute Gasteiger partial charge is 0.245 e. The Kier molecular flexibility index (Phi) is 1.26. The predicted octanol–water partition coefficient (Wildman–Crippen LogP) is 2.00. The summed E-state index contributed by atoms with van der Waals surface area (Å²) in [7, 11) is 0. The van der Waals surface area contributed by atoms with Gasteiger partial charge in [-0.1, -0.05) is 0 Å². The van der Waals surface area contributed by atoms with E-state index in [9.17, 15) is 0 Å². The topological polar surface area (TPSA) is 25.8 Å². The zero-order valence-corrected chi connectivity index (χ0v) is 6.82. The third-order valence-electron chi connectivity index (χ3n) is 0.528. The molecule has 0 unspecified atom stereocenters. The van der Waals surface area contributed by atoms with Gasteiger partial charge in [0.2, 0.25) is 0 Å². The van der Waals surface area contributed by atoms with Crippen LogP contribution < -0.4 is 0 Å². The van der Waals surface area contributed by atoms with Crippen LogP contribution in [0.4, 0.5) is 0 Å². The highest BCUT2D eigenvalue weighted by molar-refractivity contribution is 9.13. The van der Waals surface area contributed by atoms with Crippen molar-refractivity contribution < 1.29 is 2.74 Å². The number of hydrogen-bond donors (Lipinski definition) is 0. The average Bonchev–Trinajstić information content (AvgIpc) is 1.84. The predicted molar refractivity (Wildman–Crippen MR) is 37.4 cm³/mol. The first-order valence-corrected chi connectivity index (χ1v) is 3.36. The summed E-state index contributed by atoms with van der Waals surface area (Å²) in [5, 5.41) is 0. The van der Waals surface area contributed by atoms with Crippen LogP contribution in [-0.4, -0.2) is 9.97 Å². The Morgan fingerprint density at radius 2 is 1.62 bits per heavy atom. The van der Waals surface area contributed by atoms with E-state index in [2.05, 4.69) is 41.8 Å². The minimum Gasteiger partial charge on any atom is -0.245 e. The fraction of sp³-hybridized carbons (Fsp3) is 0. The smallest absolute Gasteiger partial charge is 0.138 e. The summed E-state index contributed by atoms with van der Waals surface area (Å²) in [4.78, 5) is 7.32. The highest BCUT2D eigenvalue weighted by Crippen LogP contribution is 2.14. The maximum Gasteiger partial charge on any atom is 0.138 e. The summed E-state index contributed by atoms with van der Waals surface area (Å²) < 4.78 is 15.0. The van der Waals surface area contributed by atoms with Gasteiger partial charge in [-0.2, -0.15) is 0 Å². The lowest BCUT2D eigenvalue weighted by Crippen LogP contribution is -1.78. The molecule has 2 nitrogen and oxygen atoms in total. The van der Waals surface area contributed by atoms with Gasteiger partial charge in [0.05, 0.1) is 2.74 Å². The molecule has 8 heavy (non-hydrogen) atoms. The molecule has 0 aliphatic heterocycles. The van der Waals surface area contributed by atoms with E-state index < -0.39 is 0 Å². The molecule has 0 atom stereocenters. The molecule has 0 aliphatic carbocycles. The minimum atomic E-state index is -0.130. The van der Waals surface area contributed by atoms with Crippen LogP contribution in [0.1, 0.15) is 2.74 Å². The first kappa shape index (κ1) is 3.95. The summed E-state index contributed by atoms with van der Waals surface area (Å²) in [5.74, 6) is 0. The Morgan fingerprint density at radius 1 is 1.25 bits per heavy atom. The van der Waals surface area contributed by atoms with Crippen LogP contribution >= 0.6 is 31.9 Å². The fourth-order valence-electron chi connectivity index (χ4n) is 0.240. The summed E-state index contributed by atoms with van der Waals surface area (Å²) in [6, 6.07) is 0. The first-order chi connectivity index (χ1) is 4.61. The van der Waals surface area contributed by atoms with E-state index in [-0.39, 0.29) is 12.3 Å². The van der Waals surface area contributed by atoms with Crippen molar-refractivity contribution >= 4 is 31.9 Å².